The van der Waals surface area contributed by atoms with Crippen LogP contribution in [0.5, 0.6) is 0 Å². The second-order valence-corrected chi connectivity index (χ2v) is 8.91. The third kappa shape index (κ3) is 2.30. The van der Waals surface area contributed by atoms with Gasteiger partial charge in [0.25, 0.3) is 0 Å². The molecule has 19 heavy (non-hydrogen) atoms. The number of hydrogen-bond acceptors (Lipinski definition) is 0. The second-order valence-electron chi connectivity index (χ2n) is 6.31. The van der Waals surface area contributed by atoms with Gasteiger partial charge in [-0.05, 0) is 38.1 Å². The van der Waals surface area contributed by atoms with E-state index in [2.05, 4.69) is 41.5 Å². The van der Waals surface area contributed by atoms with Crippen LogP contribution in [0.25, 0.3) is 0 Å². The Morgan fingerprint density at radius 3 is 1.89 bits per heavy atom. The first kappa shape index (κ1) is 15.2. The molecule has 0 fully saturated rings. The largest absolute Gasteiger partial charge is 0.0912 e. The van der Waals surface area contributed by atoms with Gasteiger partial charge in [0.2, 0.25) is 0 Å². The topological polar surface area (TPSA) is 0 Å². The molecule has 0 N–H and O–H groups in total. The molecule has 0 spiro atoms. The van der Waals surface area contributed by atoms with Crippen LogP contribution in [0.1, 0.15) is 48.0 Å². The van der Waals surface area contributed by atoms with Gasteiger partial charge >= 0.3 is 0 Å². The Bertz CT molecular complexity index is 572. The highest BCUT2D eigenvalue weighted by Crippen LogP contribution is 2.49. The van der Waals surface area contributed by atoms with Gasteiger partial charge in [-0.15, -0.1) is 0 Å². The number of hydrogen-bond donors (Lipinski definition) is 0. The van der Waals surface area contributed by atoms with Crippen molar-refractivity contribution in [2.45, 2.75) is 48.0 Å². The van der Waals surface area contributed by atoms with Crippen molar-refractivity contribution in [1.29, 1.82) is 0 Å². The molecule has 0 aromatic rings. The third-order valence-corrected chi connectivity index (χ3v) is 9.02. The maximum Gasteiger partial charge on any atom is 0.0912 e. The van der Waals surface area contributed by atoms with Crippen molar-refractivity contribution < 1.29 is 0 Å². The molecule has 3 heteroatoms. The van der Waals surface area contributed by atoms with Crippen molar-refractivity contribution in [3.63, 3.8) is 0 Å². The van der Waals surface area contributed by atoms with E-state index in [-0.39, 0.29) is 5.41 Å². The maximum absolute atomic E-state index is 6.66. The Morgan fingerprint density at radius 2 is 1.53 bits per heavy atom. The Kier molecular flexibility index (Phi) is 3.94. The van der Waals surface area contributed by atoms with Crippen LogP contribution < -0.4 is 0 Å². The molecule has 0 nitrogen and oxygen atoms in total. The Morgan fingerprint density at radius 1 is 0.947 bits per heavy atom. The normalized spacial score (nSPS) is 24.0. The van der Waals surface area contributed by atoms with E-state index in [1.54, 1.807) is 0 Å². The molecule has 2 aliphatic carbocycles. The molecule has 0 saturated heterocycles. The number of rotatable bonds is 2. The lowest BCUT2D eigenvalue weighted by atomic mass is 9.87. The number of allylic oxidation sites excluding steroid dienone is 8. The van der Waals surface area contributed by atoms with E-state index in [4.69, 9.17) is 23.2 Å². The molecule has 104 valence electrons. The lowest BCUT2D eigenvalue weighted by Gasteiger charge is -2.21. The molecule has 0 saturated carbocycles. The summed E-state index contributed by atoms with van der Waals surface area (Å²) in [5, 5.41) is 4.92. The quantitative estimate of drug-likeness (QED) is 0.617. The van der Waals surface area contributed by atoms with E-state index >= 15 is 0 Å². The van der Waals surface area contributed by atoms with Crippen molar-refractivity contribution >= 4 is 32.7 Å². The van der Waals surface area contributed by atoms with Gasteiger partial charge in [-0.25, -0.2) is 0 Å². The molecule has 2 aliphatic rings. The van der Waals surface area contributed by atoms with E-state index in [9.17, 15) is 0 Å². The fourth-order valence-electron chi connectivity index (χ4n) is 2.95. The van der Waals surface area contributed by atoms with Crippen LogP contribution in [-0.4, -0.2) is 9.52 Å². The zero-order valence-corrected chi connectivity index (χ0v) is 15.6. The van der Waals surface area contributed by atoms with Gasteiger partial charge in [-0.3, -0.25) is 0 Å². The van der Waals surface area contributed by atoms with Crippen LogP contribution in [-0.2, 0) is 0 Å². The minimum atomic E-state index is -0.578. The zero-order chi connectivity index (χ0) is 14.5. The highest BCUT2D eigenvalue weighted by atomic mass is 35.5. The summed E-state index contributed by atoms with van der Waals surface area (Å²) in [6, 6.07) is 0. The highest BCUT2D eigenvalue weighted by molar-refractivity contribution is 6.61. The molecule has 0 aliphatic heterocycles. The molecule has 0 bridgehead atoms. The van der Waals surface area contributed by atoms with Gasteiger partial charge in [0.15, 0.2) is 0 Å². The maximum atomic E-state index is 6.66. The molecular formula is C16H22Cl2Si. The molecule has 0 radical (unpaired) electrons. The molecule has 0 aromatic carbocycles. The molecule has 2 rings (SSSR count). The van der Waals surface area contributed by atoms with Gasteiger partial charge < -0.3 is 0 Å². The minimum absolute atomic E-state index is 0.00623. The molecular weight excluding hydrogens is 291 g/mol. The zero-order valence-electron chi connectivity index (χ0n) is 12.7. The SMILES string of the molecule is CC1=C(C)C([SiH2]C2=C(Cl)C(C)(C)C(C)=C2C)=C(Cl)C1. The van der Waals surface area contributed by atoms with Crippen molar-refractivity contribution in [3.05, 3.63) is 42.7 Å². The summed E-state index contributed by atoms with van der Waals surface area (Å²) in [6.07, 6.45) is 0.936. The first-order chi connectivity index (χ1) is 8.67. The summed E-state index contributed by atoms with van der Waals surface area (Å²) >= 11 is 13.1. The average molecular weight is 313 g/mol. The Balaban J connectivity index is 2.41. The Labute approximate surface area is 129 Å². The lowest BCUT2D eigenvalue weighted by Crippen LogP contribution is -2.10. The molecule has 0 atom stereocenters. The second kappa shape index (κ2) is 4.94. The van der Waals surface area contributed by atoms with E-state index in [1.165, 1.54) is 32.7 Å². The fraction of sp³-hybridized carbons (Fsp3) is 0.500. The molecule has 0 amide bonds. The predicted molar refractivity (Wildman–Crippen MR) is 89.4 cm³/mol. The van der Waals surface area contributed by atoms with Crippen molar-refractivity contribution in [2.75, 3.05) is 0 Å². The van der Waals surface area contributed by atoms with E-state index in [0.29, 0.717) is 0 Å². The molecule has 0 heterocycles. The summed E-state index contributed by atoms with van der Waals surface area (Å²) in [7, 11) is -0.578. The van der Waals surface area contributed by atoms with Gasteiger partial charge in [-0.1, -0.05) is 59.3 Å². The minimum Gasteiger partial charge on any atom is -0.0889 e. The van der Waals surface area contributed by atoms with Gasteiger partial charge in [0.1, 0.15) is 0 Å². The van der Waals surface area contributed by atoms with Crippen LogP contribution in [0, 0.1) is 5.41 Å². The average Bonchev–Trinajstić information content (AvgIpc) is 2.65. The smallest absolute Gasteiger partial charge is 0.0889 e. The van der Waals surface area contributed by atoms with Crippen LogP contribution >= 0.6 is 23.2 Å². The van der Waals surface area contributed by atoms with E-state index < -0.39 is 9.52 Å². The van der Waals surface area contributed by atoms with Crippen LogP contribution in [0.3, 0.4) is 0 Å². The van der Waals surface area contributed by atoms with Gasteiger partial charge in [0, 0.05) is 21.9 Å². The summed E-state index contributed by atoms with van der Waals surface area (Å²) in [6.45, 7) is 13.2. The third-order valence-electron chi connectivity index (χ3n) is 4.96. The fourth-order valence-corrected chi connectivity index (χ4v) is 6.34. The molecule has 0 unspecified atom stereocenters. The summed E-state index contributed by atoms with van der Waals surface area (Å²) in [4.78, 5) is 0. The van der Waals surface area contributed by atoms with Crippen molar-refractivity contribution in [3.8, 4) is 0 Å². The van der Waals surface area contributed by atoms with E-state index in [0.717, 1.165) is 16.5 Å². The van der Waals surface area contributed by atoms with Gasteiger partial charge in [-0.2, -0.15) is 0 Å². The lowest BCUT2D eigenvalue weighted by molar-refractivity contribution is 0.575. The Hall–Kier alpha value is -0.243. The first-order valence-electron chi connectivity index (χ1n) is 6.79. The van der Waals surface area contributed by atoms with Crippen LogP contribution in [0.15, 0.2) is 42.7 Å². The summed E-state index contributed by atoms with van der Waals surface area (Å²) < 4.78 is 0. The highest BCUT2D eigenvalue weighted by Gasteiger charge is 2.35. The predicted octanol–water partition coefficient (Wildman–Crippen LogP) is 5.17. The van der Waals surface area contributed by atoms with E-state index in [1.807, 2.05) is 0 Å². The summed E-state index contributed by atoms with van der Waals surface area (Å²) in [5.74, 6) is 0. The molecule has 0 aromatic heterocycles. The monoisotopic (exact) mass is 312 g/mol. The van der Waals surface area contributed by atoms with Crippen molar-refractivity contribution in [2.24, 2.45) is 5.41 Å². The summed E-state index contributed by atoms with van der Waals surface area (Å²) in [5.41, 5.74) is 5.64. The standard InChI is InChI=1S/C16H22Cl2Si/c1-8-7-12(17)13(9(8)2)19-14-10(3)11(4)16(5,6)15(14)18/h7,19H2,1-6H3. The van der Waals surface area contributed by atoms with Gasteiger partial charge in [0.05, 0.1) is 9.52 Å². The number of halogens is 2. The van der Waals surface area contributed by atoms with Crippen molar-refractivity contribution in [1.82, 2.24) is 0 Å². The van der Waals surface area contributed by atoms with Crippen LogP contribution in [0.2, 0.25) is 0 Å². The first-order valence-corrected chi connectivity index (χ1v) is 8.96. The van der Waals surface area contributed by atoms with Crippen LogP contribution in [0.4, 0.5) is 0 Å².